The number of methoxy groups -OCH3 is 1. The van der Waals surface area contributed by atoms with Crippen molar-refractivity contribution in [1.29, 1.82) is 0 Å². The topological polar surface area (TPSA) is 22.1 Å². The minimum Gasteiger partial charge on any atom is -0.495 e. The van der Waals surface area contributed by atoms with Crippen LogP contribution in [0.1, 0.15) is 0 Å². The Balaban J connectivity index is 2.86. The maximum Gasteiger partial charge on any atom is 0.149 e. The zero-order chi connectivity index (χ0) is 11.9. The number of halogens is 4. The summed E-state index contributed by atoms with van der Waals surface area (Å²) in [5, 5.41) is 1.79. The summed E-state index contributed by atoms with van der Waals surface area (Å²) in [5.41, 5.74) is 0.584. The third-order valence-corrected chi connectivity index (χ3v) is 3.62. The standard InChI is InChI=1S/C10H5Cl4NO/c1-16-7-3-6-4(2-5(7)11)8(12)9(13)10(14)15-6/h2-3H,1H3. The van der Waals surface area contributed by atoms with Crippen molar-refractivity contribution in [2.75, 3.05) is 7.11 Å². The van der Waals surface area contributed by atoms with Crippen LogP contribution >= 0.6 is 46.4 Å². The van der Waals surface area contributed by atoms with Gasteiger partial charge in [0.25, 0.3) is 0 Å². The monoisotopic (exact) mass is 295 g/mol. The number of fused-ring (bicyclic) bond motifs is 1. The Bertz CT molecular complexity index is 570. The molecule has 2 nitrogen and oxygen atoms in total. The van der Waals surface area contributed by atoms with Crippen LogP contribution in [0.25, 0.3) is 10.9 Å². The number of hydrogen-bond acceptors (Lipinski definition) is 2. The van der Waals surface area contributed by atoms with Gasteiger partial charge in [0, 0.05) is 11.5 Å². The van der Waals surface area contributed by atoms with Gasteiger partial charge in [-0.2, -0.15) is 0 Å². The van der Waals surface area contributed by atoms with Crippen molar-refractivity contribution >= 4 is 57.3 Å². The molecule has 1 heterocycles. The molecule has 0 aliphatic heterocycles. The largest absolute Gasteiger partial charge is 0.495 e. The van der Waals surface area contributed by atoms with E-state index in [1.165, 1.54) is 7.11 Å². The molecule has 0 aliphatic carbocycles. The highest BCUT2D eigenvalue weighted by Crippen LogP contribution is 2.38. The van der Waals surface area contributed by atoms with E-state index in [1.807, 2.05) is 0 Å². The van der Waals surface area contributed by atoms with Crippen LogP contribution in [0.15, 0.2) is 12.1 Å². The number of benzene rings is 1. The van der Waals surface area contributed by atoms with Crippen LogP contribution in [0.2, 0.25) is 20.2 Å². The van der Waals surface area contributed by atoms with E-state index in [1.54, 1.807) is 12.1 Å². The molecule has 0 spiro atoms. The molecular formula is C10H5Cl4NO. The van der Waals surface area contributed by atoms with E-state index in [0.29, 0.717) is 26.7 Å². The lowest BCUT2D eigenvalue weighted by Gasteiger charge is -2.08. The maximum absolute atomic E-state index is 6.04. The molecule has 0 aliphatic rings. The van der Waals surface area contributed by atoms with E-state index in [0.717, 1.165) is 0 Å². The van der Waals surface area contributed by atoms with Crippen LogP contribution in [0.4, 0.5) is 0 Å². The van der Waals surface area contributed by atoms with Crippen molar-refractivity contribution < 1.29 is 4.74 Å². The second-order valence-electron chi connectivity index (χ2n) is 3.03. The molecule has 0 amide bonds. The fraction of sp³-hybridized carbons (Fsp3) is 0.100. The Kier molecular flexibility index (Phi) is 3.36. The second kappa shape index (κ2) is 4.46. The van der Waals surface area contributed by atoms with Gasteiger partial charge in [-0.25, -0.2) is 4.98 Å². The smallest absolute Gasteiger partial charge is 0.149 e. The lowest BCUT2D eigenvalue weighted by Crippen LogP contribution is -1.88. The fourth-order valence-electron chi connectivity index (χ4n) is 1.33. The van der Waals surface area contributed by atoms with Crippen molar-refractivity contribution in [1.82, 2.24) is 4.98 Å². The molecule has 6 heteroatoms. The first-order chi connectivity index (χ1) is 7.54. The van der Waals surface area contributed by atoms with Crippen LogP contribution < -0.4 is 4.74 Å². The van der Waals surface area contributed by atoms with E-state index in [9.17, 15) is 0 Å². The minimum absolute atomic E-state index is 0.156. The molecule has 0 saturated carbocycles. The lowest BCUT2D eigenvalue weighted by molar-refractivity contribution is 0.415. The molecule has 0 saturated heterocycles. The summed E-state index contributed by atoms with van der Waals surface area (Å²) in [6.45, 7) is 0. The van der Waals surface area contributed by atoms with Crippen LogP contribution in [-0.2, 0) is 0 Å². The third kappa shape index (κ3) is 1.91. The molecule has 0 fully saturated rings. The Morgan fingerprint density at radius 2 is 1.75 bits per heavy atom. The first-order valence-corrected chi connectivity index (χ1v) is 5.73. The van der Waals surface area contributed by atoms with Gasteiger partial charge in [0.2, 0.25) is 0 Å². The Labute approximate surface area is 112 Å². The van der Waals surface area contributed by atoms with Gasteiger partial charge in [-0.1, -0.05) is 46.4 Å². The predicted molar refractivity (Wildman–Crippen MR) is 68.3 cm³/mol. The second-order valence-corrected chi connectivity index (χ2v) is 4.56. The summed E-state index contributed by atoms with van der Waals surface area (Å²) in [6.07, 6.45) is 0. The van der Waals surface area contributed by atoms with E-state index >= 15 is 0 Å². The highest BCUT2D eigenvalue weighted by Gasteiger charge is 2.13. The molecular weight excluding hydrogens is 292 g/mol. The Morgan fingerprint density at radius 3 is 2.38 bits per heavy atom. The average Bonchev–Trinajstić information content (AvgIpc) is 2.27. The number of nitrogens with zero attached hydrogens (tertiary/aromatic N) is 1. The Morgan fingerprint density at radius 1 is 1.06 bits per heavy atom. The summed E-state index contributed by atoms with van der Waals surface area (Å²) in [5.74, 6) is 0.510. The highest BCUT2D eigenvalue weighted by molar-refractivity contribution is 6.50. The quantitative estimate of drug-likeness (QED) is 0.701. The van der Waals surface area contributed by atoms with Crippen LogP contribution in [-0.4, -0.2) is 12.1 Å². The SMILES string of the molecule is COc1cc2nc(Cl)c(Cl)c(Cl)c2cc1Cl. The minimum atomic E-state index is 0.156. The van der Waals surface area contributed by atoms with E-state index < -0.39 is 0 Å². The molecule has 0 bridgehead atoms. The van der Waals surface area contributed by atoms with Crippen molar-refractivity contribution in [2.24, 2.45) is 0 Å². The first-order valence-electron chi connectivity index (χ1n) is 4.22. The zero-order valence-corrected chi connectivity index (χ0v) is 11.0. The van der Waals surface area contributed by atoms with Crippen LogP contribution in [0.3, 0.4) is 0 Å². The summed E-state index contributed by atoms with van der Waals surface area (Å²) in [6, 6.07) is 3.30. The lowest BCUT2D eigenvalue weighted by atomic mass is 10.2. The molecule has 0 unspecified atom stereocenters. The normalized spacial score (nSPS) is 10.8. The molecule has 0 atom stereocenters. The van der Waals surface area contributed by atoms with Gasteiger partial charge in [0.05, 0.1) is 27.7 Å². The van der Waals surface area contributed by atoms with Gasteiger partial charge in [-0.15, -0.1) is 0 Å². The number of hydrogen-bond donors (Lipinski definition) is 0. The van der Waals surface area contributed by atoms with Gasteiger partial charge in [0.1, 0.15) is 10.9 Å². The van der Waals surface area contributed by atoms with E-state index in [2.05, 4.69) is 4.98 Å². The number of ether oxygens (including phenoxy) is 1. The van der Waals surface area contributed by atoms with Crippen molar-refractivity contribution in [3.63, 3.8) is 0 Å². The predicted octanol–water partition coefficient (Wildman–Crippen LogP) is 4.86. The van der Waals surface area contributed by atoms with Crippen molar-refractivity contribution in [2.45, 2.75) is 0 Å². The van der Waals surface area contributed by atoms with Gasteiger partial charge < -0.3 is 4.74 Å². The Hall–Kier alpha value is -0.410. The van der Waals surface area contributed by atoms with Gasteiger partial charge >= 0.3 is 0 Å². The molecule has 2 aromatic rings. The van der Waals surface area contributed by atoms with Gasteiger partial charge in [-0.3, -0.25) is 0 Å². The van der Waals surface area contributed by atoms with Gasteiger partial charge in [0.15, 0.2) is 0 Å². The van der Waals surface area contributed by atoms with E-state index in [4.69, 9.17) is 51.1 Å². The number of rotatable bonds is 1. The molecule has 16 heavy (non-hydrogen) atoms. The van der Waals surface area contributed by atoms with Crippen molar-refractivity contribution in [3.8, 4) is 5.75 Å². The maximum atomic E-state index is 6.04. The van der Waals surface area contributed by atoms with Gasteiger partial charge in [-0.05, 0) is 6.07 Å². The molecule has 0 radical (unpaired) electrons. The molecule has 1 aromatic carbocycles. The fourth-order valence-corrected chi connectivity index (χ4v) is 2.19. The zero-order valence-electron chi connectivity index (χ0n) is 8.02. The summed E-state index contributed by atoms with van der Waals surface area (Å²) in [4.78, 5) is 4.10. The van der Waals surface area contributed by atoms with Crippen molar-refractivity contribution in [3.05, 3.63) is 32.4 Å². The van der Waals surface area contributed by atoms with Crippen LogP contribution in [0, 0.1) is 0 Å². The summed E-state index contributed by atoms with van der Waals surface area (Å²) < 4.78 is 5.07. The molecule has 2 rings (SSSR count). The third-order valence-electron chi connectivity index (χ3n) is 2.10. The molecule has 1 aromatic heterocycles. The van der Waals surface area contributed by atoms with Crippen LogP contribution in [0.5, 0.6) is 5.75 Å². The molecule has 84 valence electrons. The molecule has 0 N–H and O–H groups in total. The summed E-state index contributed by atoms with van der Waals surface area (Å²) in [7, 11) is 1.52. The number of aromatic nitrogens is 1. The average molecular weight is 297 g/mol. The number of pyridine rings is 1. The van der Waals surface area contributed by atoms with E-state index in [-0.39, 0.29) is 10.2 Å². The highest BCUT2D eigenvalue weighted by atomic mass is 35.5. The first kappa shape index (κ1) is 12.1. The summed E-state index contributed by atoms with van der Waals surface area (Å²) >= 11 is 23.7.